The molecule has 1 heterocycles. The van der Waals surface area contributed by atoms with Crippen molar-refractivity contribution in [2.75, 3.05) is 0 Å². The van der Waals surface area contributed by atoms with Crippen LogP contribution in [0.1, 0.15) is 29.9 Å². The first kappa shape index (κ1) is 16.7. The smallest absolute Gasteiger partial charge is 0.107 e. The molecule has 0 atom stereocenters. The zero-order valence-electron chi connectivity index (χ0n) is 13.5. The Bertz CT molecular complexity index is 844. The van der Waals surface area contributed by atoms with E-state index < -0.39 is 4.08 Å². The molecule has 1 aliphatic carbocycles. The molecule has 0 radical (unpaired) electrons. The van der Waals surface area contributed by atoms with E-state index in [2.05, 4.69) is 61.5 Å². The van der Waals surface area contributed by atoms with Crippen LogP contribution in [0.15, 0.2) is 54.6 Å². The Balaban J connectivity index is 0.000000753. The minimum Gasteiger partial charge on any atom is -0.152 e. The molecule has 0 saturated heterocycles. The zero-order chi connectivity index (χ0) is 16.6. The minimum atomic E-state index is -0.520. The monoisotopic (exact) mass is 356 g/mol. The molecule has 0 spiro atoms. The summed E-state index contributed by atoms with van der Waals surface area (Å²) >= 11 is 11.5. The van der Waals surface area contributed by atoms with Gasteiger partial charge in [-0.05, 0) is 52.9 Å². The van der Waals surface area contributed by atoms with Crippen molar-refractivity contribution in [2.45, 2.75) is 24.9 Å². The molecule has 4 rings (SSSR count). The molecule has 3 aromatic rings. The quantitative estimate of drug-likeness (QED) is 0.348. The van der Waals surface area contributed by atoms with Gasteiger partial charge < -0.3 is 0 Å². The van der Waals surface area contributed by atoms with Crippen LogP contribution in [0.25, 0.3) is 21.6 Å². The van der Waals surface area contributed by atoms with Gasteiger partial charge in [0.25, 0.3) is 0 Å². The third-order valence-corrected chi connectivity index (χ3v) is 6.03. The number of rotatable bonds is 1. The van der Waals surface area contributed by atoms with Crippen molar-refractivity contribution in [1.29, 1.82) is 0 Å². The van der Waals surface area contributed by atoms with Gasteiger partial charge in [0.15, 0.2) is 0 Å². The largest absolute Gasteiger partial charge is 0.152 e. The van der Waals surface area contributed by atoms with E-state index in [4.69, 9.17) is 25.3 Å². The van der Waals surface area contributed by atoms with Crippen LogP contribution in [0.3, 0.4) is 0 Å². The standard InChI is InChI=1S/C18H14S3.C2H6/c1-11-6-9-17(21-11)12-7-8-14-13-4-2-3-5-15(13)18(19,20)16(14)10-12;1-2/h2-10,19-20H,1H3;1-2H3. The van der Waals surface area contributed by atoms with Crippen LogP contribution in [0.5, 0.6) is 0 Å². The van der Waals surface area contributed by atoms with E-state index >= 15 is 0 Å². The SMILES string of the molecule is CC.Cc1ccc(-c2ccc3c(c2)C(S)(S)c2ccccc2-3)s1. The maximum Gasteiger partial charge on any atom is 0.107 e. The lowest BCUT2D eigenvalue weighted by Crippen LogP contribution is -2.07. The highest BCUT2D eigenvalue weighted by Gasteiger charge is 2.37. The maximum absolute atomic E-state index is 4.84. The lowest BCUT2D eigenvalue weighted by molar-refractivity contribution is 1.15. The molecular formula is C20H20S3. The summed E-state index contributed by atoms with van der Waals surface area (Å²) in [6.45, 7) is 6.14. The molecule has 23 heavy (non-hydrogen) atoms. The summed E-state index contributed by atoms with van der Waals surface area (Å²) in [5.41, 5.74) is 6.08. The van der Waals surface area contributed by atoms with Gasteiger partial charge in [-0.1, -0.05) is 50.2 Å². The van der Waals surface area contributed by atoms with E-state index in [1.165, 1.54) is 37.6 Å². The highest BCUT2D eigenvalue weighted by molar-refractivity contribution is 8.00. The van der Waals surface area contributed by atoms with Crippen LogP contribution >= 0.6 is 36.6 Å². The van der Waals surface area contributed by atoms with E-state index in [0.29, 0.717) is 0 Å². The van der Waals surface area contributed by atoms with Gasteiger partial charge in [-0.2, -0.15) is 25.3 Å². The molecule has 0 amide bonds. The van der Waals surface area contributed by atoms with Gasteiger partial charge in [0.05, 0.1) is 0 Å². The van der Waals surface area contributed by atoms with E-state index in [-0.39, 0.29) is 0 Å². The average Bonchev–Trinajstić information content (AvgIpc) is 3.11. The molecule has 1 aliphatic rings. The first-order chi connectivity index (χ1) is 11.1. The normalized spacial score (nSPS) is 13.8. The Morgan fingerprint density at radius 2 is 1.52 bits per heavy atom. The van der Waals surface area contributed by atoms with Crippen molar-refractivity contribution >= 4 is 36.6 Å². The molecule has 3 heteroatoms. The molecule has 0 bridgehead atoms. The molecule has 0 aliphatic heterocycles. The van der Waals surface area contributed by atoms with E-state index in [9.17, 15) is 0 Å². The van der Waals surface area contributed by atoms with Gasteiger partial charge in [0.2, 0.25) is 0 Å². The number of benzene rings is 2. The fraction of sp³-hybridized carbons (Fsp3) is 0.200. The first-order valence-electron chi connectivity index (χ1n) is 7.83. The summed E-state index contributed by atoms with van der Waals surface area (Å²) in [5.74, 6) is 0. The van der Waals surface area contributed by atoms with Crippen LogP contribution in [0.4, 0.5) is 0 Å². The summed E-state index contributed by atoms with van der Waals surface area (Å²) in [4.78, 5) is 2.63. The molecule has 118 valence electrons. The fourth-order valence-electron chi connectivity index (χ4n) is 2.98. The second-order valence-corrected chi connectivity index (χ2v) is 8.37. The number of aryl methyl sites for hydroxylation is 1. The minimum absolute atomic E-state index is 0.520. The van der Waals surface area contributed by atoms with Gasteiger partial charge >= 0.3 is 0 Å². The molecule has 0 fully saturated rings. The number of hydrogen-bond acceptors (Lipinski definition) is 3. The zero-order valence-corrected chi connectivity index (χ0v) is 16.1. The van der Waals surface area contributed by atoms with Crippen molar-refractivity contribution in [3.63, 3.8) is 0 Å². The first-order valence-corrected chi connectivity index (χ1v) is 9.54. The lowest BCUT2D eigenvalue weighted by Gasteiger charge is -2.19. The molecular weight excluding hydrogens is 336 g/mol. The van der Waals surface area contributed by atoms with Crippen LogP contribution in [-0.4, -0.2) is 0 Å². The highest BCUT2D eigenvalue weighted by Crippen LogP contribution is 2.54. The molecule has 2 aromatic carbocycles. The van der Waals surface area contributed by atoms with Gasteiger partial charge in [0.1, 0.15) is 4.08 Å². The van der Waals surface area contributed by atoms with Gasteiger partial charge in [-0.25, -0.2) is 0 Å². The Morgan fingerprint density at radius 3 is 2.22 bits per heavy atom. The van der Waals surface area contributed by atoms with E-state index in [0.717, 1.165) is 0 Å². The fourth-order valence-corrected chi connectivity index (χ4v) is 4.60. The van der Waals surface area contributed by atoms with Crippen LogP contribution < -0.4 is 0 Å². The molecule has 0 N–H and O–H groups in total. The Labute approximate surface area is 153 Å². The average molecular weight is 357 g/mol. The summed E-state index contributed by atoms with van der Waals surface area (Å²) in [5, 5.41) is 0. The maximum atomic E-state index is 4.84. The lowest BCUT2D eigenvalue weighted by atomic mass is 10.0. The Morgan fingerprint density at radius 1 is 0.826 bits per heavy atom. The Kier molecular flexibility index (Phi) is 4.63. The third-order valence-electron chi connectivity index (χ3n) is 4.01. The number of hydrogen-bond donors (Lipinski definition) is 2. The summed E-state index contributed by atoms with van der Waals surface area (Å²) in [6.07, 6.45) is 0. The second kappa shape index (κ2) is 6.39. The summed E-state index contributed by atoms with van der Waals surface area (Å²) < 4.78 is -0.520. The number of thiol groups is 2. The van der Waals surface area contributed by atoms with Crippen molar-refractivity contribution in [3.05, 3.63) is 70.6 Å². The molecule has 1 aromatic heterocycles. The predicted molar refractivity (Wildman–Crippen MR) is 110 cm³/mol. The number of thiophene rings is 1. The summed E-state index contributed by atoms with van der Waals surface area (Å²) in [6, 6.07) is 19.4. The van der Waals surface area contributed by atoms with Gasteiger partial charge in [-0.3, -0.25) is 0 Å². The van der Waals surface area contributed by atoms with Crippen LogP contribution in [-0.2, 0) is 4.08 Å². The molecule has 0 saturated carbocycles. The van der Waals surface area contributed by atoms with Gasteiger partial charge in [0, 0.05) is 9.75 Å². The Hall–Kier alpha value is -1.16. The van der Waals surface area contributed by atoms with Gasteiger partial charge in [-0.15, -0.1) is 11.3 Å². The molecule has 0 nitrogen and oxygen atoms in total. The van der Waals surface area contributed by atoms with E-state index in [1.54, 1.807) is 0 Å². The van der Waals surface area contributed by atoms with E-state index in [1.807, 2.05) is 25.2 Å². The van der Waals surface area contributed by atoms with Crippen LogP contribution in [0, 0.1) is 6.92 Å². The van der Waals surface area contributed by atoms with Crippen molar-refractivity contribution in [3.8, 4) is 21.6 Å². The highest BCUT2D eigenvalue weighted by atomic mass is 32.2. The summed E-state index contributed by atoms with van der Waals surface area (Å²) in [7, 11) is 0. The predicted octanol–water partition coefficient (Wildman–Crippen LogP) is 6.79. The second-order valence-electron chi connectivity index (χ2n) is 5.39. The van der Waals surface area contributed by atoms with Crippen molar-refractivity contribution in [2.24, 2.45) is 0 Å². The molecule has 0 unspecified atom stereocenters. The third kappa shape index (κ3) is 2.75. The van der Waals surface area contributed by atoms with Crippen LogP contribution in [0.2, 0.25) is 0 Å². The van der Waals surface area contributed by atoms with Crippen molar-refractivity contribution < 1.29 is 0 Å². The van der Waals surface area contributed by atoms with Crippen molar-refractivity contribution in [1.82, 2.24) is 0 Å². The topological polar surface area (TPSA) is 0 Å². The number of fused-ring (bicyclic) bond motifs is 3.